The van der Waals surface area contributed by atoms with Crippen molar-refractivity contribution >= 4 is 34.8 Å². The zero-order chi connectivity index (χ0) is 12.0. The zero-order valence-electron chi connectivity index (χ0n) is 11.6. The quantitative estimate of drug-likeness (QED) is 0.446. The standard InChI is InChI=1S/C16H17Si.Li/c1-17(2,3)16-14-10-6-4-8-12(14)13-9-5-7-11-15(13)16;/h4-11H,1-3H3;/q-1;+1. The third-order valence-electron chi connectivity index (χ3n) is 3.43. The molecule has 0 radical (unpaired) electrons. The maximum absolute atomic E-state index is 2.43. The third kappa shape index (κ3) is 1.97. The summed E-state index contributed by atoms with van der Waals surface area (Å²) in [7, 11) is -1.31. The summed E-state index contributed by atoms with van der Waals surface area (Å²) in [6.07, 6.45) is 0. The van der Waals surface area contributed by atoms with Gasteiger partial charge in [-0.2, -0.15) is 0 Å². The molecule has 0 nitrogen and oxygen atoms in total. The van der Waals surface area contributed by atoms with Crippen molar-refractivity contribution in [3.8, 4) is 0 Å². The van der Waals surface area contributed by atoms with Gasteiger partial charge >= 0.3 is 18.9 Å². The fourth-order valence-electron chi connectivity index (χ4n) is 2.83. The minimum atomic E-state index is -1.31. The molecule has 3 aromatic carbocycles. The van der Waals surface area contributed by atoms with Gasteiger partial charge in [0.1, 0.15) is 0 Å². The van der Waals surface area contributed by atoms with Crippen LogP contribution < -0.4 is 24.0 Å². The van der Waals surface area contributed by atoms with E-state index in [1.54, 1.807) is 5.19 Å². The molecule has 0 saturated heterocycles. The summed E-state index contributed by atoms with van der Waals surface area (Å²) in [5, 5.41) is 7.38. The Morgan fingerprint density at radius 3 is 1.50 bits per heavy atom. The molecule has 0 aliphatic carbocycles. The number of hydrogen-bond acceptors (Lipinski definition) is 0. The van der Waals surface area contributed by atoms with Crippen LogP contribution in [-0.4, -0.2) is 8.07 Å². The number of fused-ring (bicyclic) bond motifs is 3. The molecule has 0 aliphatic heterocycles. The first-order valence-electron chi connectivity index (χ1n) is 6.15. The average molecular weight is 244 g/mol. The molecule has 2 heteroatoms. The van der Waals surface area contributed by atoms with Crippen LogP contribution in [0, 0.1) is 0 Å². The van der Waals surface area contributed by atoms with E-state index in [1.165, 1.54) is 21.5 Å². The summed E-state index contributed by atoms with van der Waals surface area (Å²) in [6.45, 7) is 7.30. The van der Waals surface area contributed by atoms with Crippen LogP contribution >= 0.6 is 0 Å². The molecule has 0 unspecified atom stereocenters. The summed E-state index contributed by atoms with van der Waals surface area (Å²) in [6, 6.07) is 17.7. The molecule has 0 aliphatic rings. The minimum absolute atomic E-state index is 0. The molecule has 0 spiro atoms. The van der Waals surface area contributed by atoms with Crippen molar-refractivity contribution in [1.82, 2.24) is 0 Å². The zero-order valence-corrected chi connectivity index (χ0v) is 12.6. The van der Waals surface area contributed by atoms with E-state index in [-0.39, 0.29) is 18.9 Å². The van der Waals surface area contributed by atoms with E-state index in [4.69, 9.17) is 0 Å². The van der Waals surface area contributed by atoms with Crippen LogP contribution in [0.5, 0.6) is 0 Å². The van der Waals surface area contributed by atoms with Gasteiger partial charge in [0.05, 0.1) is 0 Å². The molecule has 0 atom stereocenters. The van der Waals surface area contributed by atoms with Crippen molar-refractivity contribution in [2.24, 2.45) is 0 Å². The van der Waals surface area contributed by atoms with Crippen molar-refractivity contribution in [2.45, 2.75) is 19.6 Å². The molecular formula is C16H17LiSi. The van der Waals surface area contributed by atoms with Gasteiger partial charge in [-0.1, -0.05) is 56.0 Å². The minimum Gasteiger partial charge on any atom is -0.122 e. The molecule has 18 heavy (non-hydrogen) atoms. The van der Waals surface area contributed by atoms with Gasteiger partial charge in [0, 0.05) is 8.07 Å². The van der Waals surface area contributed by atoms with Gasteiger partial charge in [0.15, 0.2) is 0 Å². The van der Waals surface area contributed by atoms with Gasteiger partial charge < -0.3 is 0 Å². The summed E-state index contributed by atoms with van der Waals surface area (Å²) >= 11 is 0. The van der Waals surface area contributed by atoms with Crippen LogP contribution in [0.1, 0.15) is 0 Å². The smallest absolute Gasteiger partial charge is 0.122 e. The predicted octanol–water partition coefficient (Wildman–Crippen LogP) is 1.26. The predicted molar refractivity (Wildman–Crippen MR) is 80.0 cm³/mol. The molecule has 0 amide bonds. The normalized spacial score (nSPS) is 11.7. The molecule has 0 fully saturated rings. The average Bonchev–Trinajstić information content (AvgIpc) is 2.63. The van der Waals surface area contributed by atoms with Crippen LogP contribution in [0.25, 0.3) is 21.5 Å². The monoisotopic (exact) mass is 244 g/mol. The van der Waals surface area contributed by atoms with Crippen LogP contribution in [0.2, 0.25) is 19.6 Å². The van der Waals surface area contributed by atoms with Crippen LogP contribution in [-0.2, 0) is 0 Å². The van der Waals surface area contributed by atoms with Crippen molar-refractivity contribution in [2.75, 3.05) is 0 Å². The topological polar surface area (TPSA) is 0 Å². The summed E-state index contributed by atoms with van der Waals surface area (Å²) in [5.41, 5.74) is 0. The maximum atomic E-state index is 2.43. The van der Waals surface area contributed by atoms with Crippen molar-refractivity contribution in [3.63, 3.8) is 0 Å². The molecule has 86 valence electrons. The summed E-state index contributed by atoms with van der Waals surface area (Å²) < 4.78 is 0. The van der Waals surface area contributed by atoms with Crippen molar-refractivity contribution in [3.05, 3.63) is 48.5 Å². The Balaban J connectivity index is 0.00000120. The van der Waals surface area contributed by atoms with Gasteiger partial charge in [-0.05, 0) is 0 Å². The van der Waals surface area contributed by atoms with E-state index in [0.29, 0.717) is 0 Å². The second-order valence-corrected chi connectivity index (χ2v) is 10.7. The first-order chi connectivity index (χ1) is 8.09. The molecule has 0 aromatic heterocycles. The molecule has 0 heterocycles. The van der Waals surface area contributed by atoms with Gasteiger partial charge in [-0.3, -0.25) is 0 Å². The Hall–Kier alpha value is -0.876. The van der Waals surface area contributed by atoms with Gasteiger partial charge in [0.2, 0.25) is 0 Å². The first kappa shape index (κ1) is 13.6. The third-order valence-corrected chi connectivity index (χ3v) is 5.47. The van der Waals surface area contributed by atoms with E-state index < -0.39 is 8.07 Å². The van der Waals surface area contributed by atoms with Crippen molar-refractivity contribution < 1.29 is 18.9 Å². The Kier molecular flexibility index (Phi) is 3.51. The molecular weight excluding hydrogens is 227 g/mol. The van der Waals surface area contributed by atoms with E-state index in [1.807, 2.05) is 0 Å². The molecule has 0 N–H and O–H groups in total. The van der Waals surface area contributed by atoms with E-state index >= 15 is 0 Å². The van der Waals surface area contributed by atoms with Gasteiger partial charge in [0.25, 0.3) is 0 Å². The van der Waals surface area contributed by atoms with E-state index in [9.17, 15) is 0 Å². The Bertz CT molecular complexity index is 636. The van der Waals surface area contributed by atoms with Crippen LogP contribution in [0.3, 0.4) is 0 Å². The van der Waals surface area contributed by atoms with Crippen LogP contribution in [0.4, 0.5) is 0 Å². The Labute approximate surface area is 122 Å². The van der Waals surface area contributed by atoms with Crippen molar-refractivity contribution in [1.29, 1.82) is 0 Å². The molecule has 3 rings (SSSR count). The molecule has 3 aromatic rings. The fraction of sp³-hybridized carbons (Fsp3) is 0.188. The summed E-state index contributed by atoms with van der Waals surface area (Å²) in [5.74, 6) is 0. The van der Waals surface area contributed by atoms with E-state index in [0.717, 1.165) is 0 Å². The van der Waals surface area contributed by atoms with Gasteiger partial charge in [-0.15, -0.1) is 38.9 Å². The second-order valence-electron chi connectivity index (χ2n) is 5.72. The Morgan fingerprint density at radius 1 is 0.722 bits per heavy atom. The fourth-order valence-corrected chi connectivity index (χ4v) is 4.88. The van der Waals surface area contributed by atoms with E-state index in [2.05, 4.69) is 68.2 Å². The van der Waals surface area contributed by atoms with Crippen LogP contribution in [0.15, 0.2) is 48.5 Å². The maximum Gasteiger partial charge on any atom is 1.00 e. The summed E-state index contributed by atoms with van der Waals surface area (Å²) in [4.78, 5) is 0. The second kappa shape index (κ2) is 4.66. The van der Waals surface area contributed by atoms with Gasteiger partial charge in [-0.25, -0.2) is 0 Å². The molecule has 0 saturated carbocycles. The largest absolute Gasteiger partial charge is 1.00 e. The number of benzene rings is 2. The number of rotatable bonds is 1. The molecule has 0 bridgehead atoms. The number of hydrogen-bond donors (Lipinski definition) is 0. The SMILES string of the molecule is C[Si](C)(C)[c-]1c2ccccc2c2ccccc21.[Li+]. The first-order valence-corrected chi connectivity index (χ1v) is 9.65. The Morgan fingerprint density at radius 2 is 1.11 bits per heavy atom.